The molecule has 2 aromatic rings. The first-order valence-electron chi connectivity index (χ1n) is 6.20. The van der Waals surface area contributed by atoms with E-state index in [0.29, 0.717) is 11.7 Å². The number of aromatic nitrogens is 2. The van der Waals surface area contributed by atoms with Gasteiger partial charge in [0.1, 0.15) is 5.75 Å². The number of rotatable bonds is 5. The minimum Gasteiger partial charge on any atom is -0.436 e. The monoisotopic (exact) mass is 261 g/mol. The summed E-state index contributed by atoms with van der Waals surface area (Å²) in [6, 6.07) is 7.39. The van der Waals surface area contributed by atoms with Crippen molar-refractivity contribution in [2.75, 3.05) is 11.9 Å². The van der Waals surface area contributed by atoms with Crippen LogP contribution in [0.25, 0.3) is 0 Å². The summed E-state index contributed by atoms with van der Waals surface area (Å²) in [6.45, 7) is 4.65. The fourth-order valence-electron chi connectivity index (χ4n) is 1.52. The molecule has 0 aliphatic heterocycles. The summed E-state index contributed by atoms with van der Waals surface area (Å²) in [5, 5.41) is 2.99. The van der Waals surface area contributed by atoms with E-state index < -0.39 is 5.82 Å². The molecule has 2 rings (SSSR count). The molecule has 0 radical (unpaired) electrons. The SMILES string of the molecule is CCCNc1ncc(F)c(Oc2ccccc2C)n1. The summed E-state index contributed by atoms with van der Waals surface area (Å²) in [5.74, 6) is 0.307. The number of aryl methyl sites for hydroxylation is 1. The molecular weight excluding hydrogens is 245 g/mol. The van der Waals surface area contributed by atoms with Crippen molar-refractivity contribution in [3.05, 3.63) is 41.8 Å². The van der Waals surface area contributed by atoms with Crippen molar-refractivity contribution in [1.29, 1.82) is 0 Å². The zero-order valence-corrected chi connectivity index (χ0v) is 11.0. The molecule has 1 aromatic carbocycles. The number of hydrogen-bond donors (Lipinski definition) is 1. The Morgan fingerprint density at radius 3 is 2.84 bits per heavy atom. The minimum atomic E-state index is -0.578. The van der Waals surface area contributed by atoms with Crippen molar-refractivity contribution in [2.45, 2.75) is 20.3 Å². The van der Waals surface area contributed by atoms with Crippen molar-refractivity contribution in [3.8, 4) is 11.6 Å². The fraction of sp³-hybridized carbons (Fsp3) is 0.286. The first-order chi connectivity index (χ1) is 9.20. The lowest BCUT2D eigenvalue weighted by Crippen LogP contribution is -2.06. The van der Waals surface area contributed by atoms with Crippen LogP contribution in [-0.2, 0) is 0 Å². The topological polar surface area (TPSA) is 47.0 Å². The average Bonchev–Trinajstić information content (AvgIpc) is 2.42. The highest BCUT2D eigenvalue weighted by molar-refractivity contribution is 5.36. The summed E-state index contributed by atoms with van der Waals surface area (Å²) in [7, 11) is 0. The smallest absolute Gasteiger partial charge is 0.260 e. The number of nitrogens with one attached hydrogen (secondary N) is 1. The lowest BCUT2D eigenvalue weighted by Gasteiger charge is -2.09. The summed E-state index contributed by atoms with van der Waals surface area (Å²) in [4.78, 5) is 7.89. The van der Waals surface area contributed by atoms with Gasteiger partial charge in [0, 0.05) is 6.54 Å². The van der Waals surface area contributed by atoms with Crippen LogP contribution >= 0.6 is 0 Å². The molecule has 1 heterocycles. The van der Waals surface area contributed by atoms with E-state index in [4.69, 9.17) is 4.74 Å². The lowest BCUT2D eigenvalue weighted by atomic mass is 10.2. The van der Waals surface area contributed by atoms with Gasteiger partial charge in [-0.15, -0.1) is 0 Å². The molecule has 0 unspecified atom stereocenters. The summed E-state index contributed by atoms with van der Waals surface area (Å²) in [6.07, 6.45) is 2.05. The molecular formula is C14H16FN3O. The van der Waals surface area contributed by atoms with E-state index in [1.165, 1.54) is 0 Å². The highest BCUT2D eigenvalue weighted by atomic mass is 19.1. The van der Waals surface area contributed by atoms with Crippen molar-refractivity contribution in [2.24, 2.45) is 0 Å². The summed E-state index contributed by atoms with van der Waals surface area (Å²) < 4.78 is 19.1. The predicted molar refractivity (Wildman–Crippen MR) is 72.0 cm³/mol. The molecule has 1 N–H and O–H groups in total. The second kappa shape index (κ2) is 6.13. The van der Waals surface area contributed by atoms with Crippen LogP contribution in [0.4, 0.5) is 10.3 Å². The van der Waals surface area contributed by atoms with Gasteiger partial charge in [0.2, 0.25) is 11.8 Å². The second-order valence-electron chi connectivity index (χ2n) is 4.14. The van der Waals surface area contributed by atoms with Gasteiger partial charge in [-0.2, -0.15) is 9.37 Å². The third-order valence-corrected chi connectivity index (χ3v) is 2.55. The Bertz CT molecular complexity index is 560. The molecule has 0 bridgehead atoms. The van der Waals surface area contributed by atoms with Gasteiger partial charge in [-0.25, -0.2) is 4.98 Å². The number of halogens is 1. The molecule has 0 fully saturated rings. The predicted octanol–water partition coefficient (Wildman–Crippen LogP) is 3.54. The number of nitrogens with zero attached hydrogens (tertiary/aromatic N) is 2. The minimum absolute atomic E-state index is 0.0668. The zero-order valence-electron chi connectivity index (χ0n) is 11.0. The molecule has 4 nitrogen and oxygen atoms in total. The van der Waals surface area contributed by atoms with E-state index in [-0.39, 0.29) is 5.88 Å². The average molecular weight is 261 g/mol. The Hall–Kier alpha value is -2.17. The Morgan fingerprint density at radius 2 is 2.11 bits per heavy atom. The first kappa shape index (κ1) is 13.3. The molecule has 0 spiro atoms. The maximum Gasteiger partial charge on any atom is 0.260 e. The van der Waals surface area contributed by atoms with E-state index in [1.54, 1.807) is 6.07 Å². The van der Waals surface area contributed by atoms with Crippen molar-refractivity contribution >= 4 is 5.95 Å². The Morgan fingerprint density at radius 1 is 1.32 bits per heavy atom. The van der Waals surface area contributed by atoms with E-state index in [9.17, 15) is 4.39 Å². The molecule has 5 heteroatoms. The van der Waals surface area contributed by atoms with Crippen molar-refractivity contribution < 1.29 is 9.13 Å². The van der Waals surface area contributed by atoms with E-state index in [0.717, 1.165) is 24.7 Å². The summed E-state index contributed by atoms with van der Waals surface area (Å²) in [5.41, 5.74) is 0.920. The molecule has 0 amide bonds. The molecule has 0 saturated carbocycles. The number of ether oxygens (including phenoxy) is 1. The van der Waals surface area contributed by atoms with Crippen LogP contribution in [0.2, 0.25) is 0 Å². The van der Waals surface area contributed by atoms with Crippen LogP contribution < -0.4 is 10.1 Å². The van der Waals surface area contributed by atoms with E-state index >= 15 is 0 Å². The maximum atomic E-state index is 13.6. The molecule has 1 aromatic heterocycles. The van der Waals surface area contributed by atoms with Crippen LogP contribution in [0.5, 0.6) is 11.6 Å². The molecule has 100 valence electrons. The lowest BCUT2D eigenvalue weighted by molar-refractivity contribution is 0.418. The number of para-hydroxylation sites is 1. The van der Waals surface area contributed by atoms with E-state index in [1.807, 2.05) is 32.0 Å². The normalized spacial score (nSPS) is 10.3. The van der Waals surface area contributed by atoms with Gasteiger partial charge in [0.25, 0.3) is 5.88 Å². The molecule has 0 aliphatic rings. The third-order valence-electron chi connectivity index (χ3n) is 2.55. The Labute approximate surface area is 111 Å². The van der Waals surface area contributed by atoms with Gasteiger partial charge in [-0.3, -0.25) is 0 Å². The number of anilines is 1. The first-order valence-corrected chi connectivity index (χ1v) is 6.20. The van der Waals surface area contributed by atoms with Gasteiger partial charge in [0.15, 0.2) is 0 Å². The summed E-state index contributed by atoms with van der Waals surface area (Å²) >= 11 is 0. The van der Waals surface area contributed by atoms with Gasteiger partial charge in [-0.1, -0.05) is 25.1 Å². The van der Waals surface area contributed by atoms with Crippen LogP contribution in [0.3, 0.4) is 0 Å². The zero-order chi connectivity index (χ0) is 13.7. The van der Waals surface area contributed by atoms with Crippen molar-refractivity contribution in [1.82, 2.24) is 9.97 Å². The largest absolute Gasteiger partial charge is 0.436 e. The molecule has 0 aliphatic carbocycles. The highest BCUT2D eigenvalue weighted by Crippen LogP contribution is 2.25. The fourth-order valence-corrected chi connectivity index (χ4v) is 1.52. The Balaban J connectivity index is 2.21. The number of benzene rings is 1. The highest BCUT2D eigenvalue weighted by Gasteiger charge is 2.10. The van der Waals surface area contributed by atoms with Crippen LogP contribution in [0, 0.1) is 12.7 Å². The van der Waals surface area contributed by atoms with Gasteiger partial charge in [-0.05, 0) is 25.0 Å². The standard InChI is InChI=1S/C14H16FN3O/c1-3-8-16-14-17-9-11(15)13(18-14)19-12-7-5-4-6-10(12)2/h4-7,9H,3,8H2,1-2H3,(H,16,17,18). The third kappa shape index (κ3) is 3.40. The Kier molecular flexibility index (Phi) is 4.28. The molecule has 19 heavy (non-hydrogen) atoms. The maximum absolute atomic E-state index is 13.6. The van der Waals surface area contributed by atoms with Gasteiger partial charge in [0.05, 0.1) is 6.20 Å². The van der Waals surface area contributed by atoms with Crippen LogP contribution in [0.1, 0.15) is 18.9 Å². The number of hydrogen-bond acceptors (Lipinski definition) is 4. The second-order valence-corrected chi connectivity index (χ2v) is 4.14. The van der Waals surface area contributed by atoms with E-state index in [2.05, 4.69) is 15.3 Å². The molecule has 0 atom stereocenters. The molecule has 0 saturated heterocycles. The van der Waals surface area contributed by atoms with Gasteiger partial charge < -0.3 is 10.1 Å². The van der Waals surface area contributed by atoms with Crippen molar-refractivity contribution in [3.63, 3.8) is 0 Å². The van der Waals surface area contributed by atoms with Gasteiger partial charge >= 0.3 is 0 Å². The quantitative estimate of drug-likeness (QED) is 0.894. The van der Waals surface area contributed by atoms with Crippen LogP contribution in [-0.4, -0.2) is 16.5 Å². The van der Waals surface area contributed by atoms with Crippen LogP contribution in [0.15, 0.2) is 30.5 Å².